The Morgan fingerprint density at radius 2 is 1.68 bits per heavy atom. The lowest BCUT2D eigenvalue weighted by Crippen LogP contribution is -2.63. The fourth-order valence-corrected chi connectivity index (χ4v) is 8.24. The highest BCUT2D eigenvalue weighted by Gasteiger charge is 2.63. The predicted molar refractivity (Wildman–Crippen MR) is 173 cm³/mol. The summed E-state index contributed by atoms with van der Waals surface area (Å²) in [6.45, 7) is 3.85. The molecule has 11 nitrogen and oxygen atoms in total. The van der Waals surface area contributed by atoms with E-state index in [9.17, 15) is 34.8 Å². The summed E-state index contributed by atoms with van der Waals surface area (Å²) in [4.78, 5) is 44.0. The van der Waals surface area contributed by atoms with Gasteiger partial charge < -0.3 is 30.9 Å². The second-order valence-electron chi connectivity index (χ2n) is 13.2. The highest BCUT2D eigenvalue weighted by atomic mass is 16.5. The van der Waals surface area contributed by atoms with Crippen molar-refractivity contribution in [1.82, 2.24) is 9.80 Å². The number of aliphatic hydroxyl groups excluding tert-OH is 2. The summed E-state index contributed by atoms with van der Waals surface area (Å²) >= 11 is 0. The zero-order valence-corrected chi connectivity index (χ0v) is 26.2. The van der Waals surface area contributed by atoms with Gasteiger partial charge in [-0.1, -0.05) is 42.5 Å². The van der Waals surface area contributed by atoms with Crippen LogP contribution in [0.5, 0.6) is 5.75 Å². The number of hydrogen-bond donors (Lipinski definition) is 5. The zero-order chi connectivity index (χ0) is 33.4. The van der Waals surface area contributed by atoms with E-state index in [4.69, 9.17) is 10.5 Å². The average molecular weight is 640 g/mol. The monoisotopic (exact) mass is 639 g/mol. The summed E-state index contributed by atoms with van der Waals surface area (Å²) in [6.07, 6.45) is 0.238. The lowest BCUT2D eigenvalue weighted by Gasteiger charge is -2.50. The maximum Gasteiger partial charge on any atom is 0.255 e. The Kier molecular flexibility index (Phi) is 7.47. The Bertz CT molecular complexity index is 1920. The molecule has 0 radical (unpaired) electrons. The van der Waals surface area contributed by atoms with Crippen LogP contribution in [-0.4, -0.2) is 99.7 Å². The van der Waals surface area contributed by atoms with Gasteiger partial charge in [-0.05, 0) is 71.9 Å². The molecule has 0 aromatic heterocycles. The van der Waals surface area contributed by atoms with Crippen LogP contribution in [0.2, 0.25) is 0 Å². The van der Waals surface area contributed by atoms with Crippen LogP contribution >= 0.6 is 0 Å². The van der Waals surface area contributed by atoms with Gasteiger partial charge in [-0.15, -0.1) is 0 Å². The van der Waals surface area contributed by atoms with Crippen LogP contribution in [0.3, 0.4) is 0 Å². The molecule has 3 aromatic rings. The Labute approximate surface area is 271 Å². The van der Waals surface area contributed by atoms with Crippen molar-refractivity contribution in [3.63, 3.8) is 0 Å². The number of likely N-dealkylation sites (N-methyl/N-ethyl adjacent to an activating group) is 1. The molecule has 1 saturated heterocycles. The first-order valence-corrected chi connectivity index (χ1v) is 15.8. The van der Waals surface area contributed by atoms with Crippen molar-refractivity contribution < 1.29 is 39.5 Å². The number of aromatic hydroxyl groups is 1. The lowest BCUT2D eigenvalue weighted by molar-refractivity contribution is -0.148. The molecule has 3 aliphatic carbocycles. The molecule has 3 aromatic carbocycles. The number of benzene rings is 3. The number of fused-ring (bicyclic) bond motifs is 4. The predicted octanol–water partition coefficient (Wildman–Crippen LogP) is 2.77. The number of morpholine rings is 1. The second kappa shape index (κ2) is 11.3. The van der Waals surface area contributed by atoms with Crippen LogP contribution in [-0.2, 0) is 27.3 Å². The number of ketones is 2. The van der Waals surface area contributed by atoms with Gasteiger partial charge in [0.25, 0.3) is 5.91 Å². The van der Waals surface area contributed by atoms with Crippen molar-refractivity contribution in [3.8, 4) is 16.9 Å². The molecular weight excluding hydrogens is 602 g/mol. The molecule has 244 valence electrons. The number of carbonyl (C=O) groups is 3. The minimum Gasteiger partial charge on any atom is -0.510 e. The quantitative estimate of drug-likeness (QED) is 0.261. The number of phenols is 1. The fraction of sp³-hybridized carbons (Fsp3) is 0.361. The van der Waals surface area contributed by atoms with Crippen molar-refractivity contribution in [2.45, 2.75) is 31.0 Å². The van der Waals surface area contributed by atoms with Gasteiger partial charge in [-0.25, -0.2) is 0 Å². The van der Waals surface area contributed by atoms with Crippen LogP contribution in [0.15, 0.2) is 71.2 Å². The second-order valence-corrected chi connectivity index (χ2v) is 13.2. The van der Waals surface area contributed by atoms with Gasteiger partial charge in [0, 0.05) is 31.1 Å². The van der Waals surface area contributed by atoms with Gasteiger partial charge in [0.05, 0.1) is 24.8 Å². The van der Waals surface area contributed by atoms with Gasteiger partial charge >= 0.3 is 0 Å². The number of hydrogen-bond acceptors (Lipinski definition) is 10. The Morgan fingerprint density at radius 3 is 2.36 bits per heavy atom. The number of Topliss-reactive ketones (excluding diaryl/α,β-unsaturated/α-hetero) is 2. The van der Waals surface area contributed by atoms with E-state index >= 15 is 0 Å². The first kappa shape index (κ1) is 31.1. The van der Waals surface area contributed by atoms with Crippen molar-refractivity contribution in [3.05, 3.63) is 87.9 Å². The highest BCUT2D eigenvalue weighted by Crippen LogP contribution is 2.53. The number of nitrogens with zero attached hydrogens (tertiary/aromatic N) is 2. The molecule has 7 rings (SSSR count). The highest BCUT2D eigenvalue weighted by molar-refractivity contribution is 6.25. The summed E-state index contributed by atoms with van der Waals surface area (Å²) in [5.41, 5.74) is 5.13. The van der Waals surface area contributed by atoms with Gasteiger partial charge in [-0.2, -0.15) is 0 Å². The van der Waals surface area contributed by atoms with E-state index in [1.807, 2.05) is 24.3 Å². The van der Waals surface area contributed by atoms with Crippen LogP contribution in [0.4, 0.5) is 0 Å². The van der Waals surface area contributed by atoms with Crippen LogP contribution in [0, 0.1) is 11.8 Å². The van der Waals surface area contributed by atoms with E-state index in [2.05, 4.69) is 17.0 Å². The fourth-order valence-electron chi connectivity index (χ4n) is 8.24. The Balaban J connectivity index is 1.36. The Hall–Kier alpha value is -4.55. The molecule has 4 atom stereocenters. The van der Waals surface area contributed by atoms with Crippen LogP contribution < -0.4 is 5.73 Å². The zero-order valence-electron chi connectivity index (χ0n) is 26.2. The van der Waals surface area contributed by atoms with Crippen molar-refractivity contribution in [1.29, 1.82) is 0 Å². The molecule has 0 saturated carbocycles. The minimum absolute atomic E-state index is 0.00948. The number of amides is 1. The van der Waals surface area contributed by atoms with Gasteiger partial charge in [0.1, 0.15) is 22.8 Å². The van der Waals surface area contributed by atoms with Gasteiger partial charge in [0.15, 0.2) is 11.4 Å². The number of ether oxygens (including phenoxy) is 1. The van der Waals surface area contributed by atoms with E-state index in [-0.39, 0.29) is 29.7 Å². The Morgan fingerprint density at radius 1 is 1.00 bits per heavy atom. The smallest absolute Gasteiger partial charge is 0.255 e. The molecule has 47 heavy (non-hydrogen) atoms. The van der Waals surface area contributed by atoms with E-state index in [0.717, 1.165) is 47.1 Å². The summed E-state index contributed by atoms with van der Waals surface area (Å²) in [7, 11) is 3.22. The standard InChI is InChI=1S/C36H37N3O8/c1-38(2)30-25-16-19-15-24-23(22-8-7-18(17-39-11-13-47-14-12-39)20-5-3-4-6-21(20)22)9-10-26(40)28(24)31(41)27(19)33(43)36(25,46)34(44)29(32(30)42)35(37)45/h3-10,19,25,30,40,42-43,46H,11-17H2,1-2H3,(H2,37,45)/t19-,25-,30?,36-/m1/s1. The molecule has 4 aliphatic rings. The summed E-state index contributed by atoms with van der Waals surface area (Å²) in [6, 6.07) is 14.4. The SMILES string of the molecule is CN(C)C1C(O)=C(C(N)=O)C(=O)[C@]2(O)C(O)=C3C(=O)c4c(O)ccc(-c5ccc(CN6CCOCC6)c6ccccc56)c4C[C@@H]3C[C@H]12. The van der Waals surface area contributed by atoms with Gasteiger partial charge in [0.2, 0.25) is 5.78 Å². The normalized spacial score (nSPS) is 26.4. The van der Waals surface area contributed by atoms with Crippen molar-refractivity contribution in [2.24, 2.45) is 17.6 Å². The van der Waals surface area contributed by atoms with E-state index in [1.165, 1.54) is 6.07 Å². The summed E-state index contributed by atoms with van der Waals surface area (Å²) in [5, 5.41) is 47.7. The first-order chi connectivity index (χ1) is 22.4. The molecule has 1 aliphatic heterocycles. The van der Waals surface area contributed by atoms with Crippen LogP contribution in [0.1, 0.15) is 27.9 Å². The molecular formula is C36H37N3O8. The number of allylic oxidation sites excluding steroid dienone is 1. The van der Waals surface area contributed by atoms with Crippen molar-refractivity contribution in [2.75, 3.05) is 40.4 Å². The minimum atomic E-state index is -2.68. The van der Waals surface area contributed by atoms with E-state index < -0.39 is 58.0 Å². The molecule has 6 N–H and O–H groups in total. The number of rotatable bonds is 5. The molecule has 1 amide bonds. The topological polar surface area (TPSA) is 174 Å². The molecule has 11 heteroatoms. The third kappa shape index (κ3) is 4.60. The molecule has 1 fully saturated rings. The molecule has 0 spiro atoms. The lowest BCUT2D eigenvalue weighted by atomic mass is 9.58. The number of aliphatic hydroxyl groups is 3. The largest absolute Gasteiger partial charge is 0.510 e. The van der Waals surface area contributed by atoms with Crippen molar-refractivity contribution >= 4 is 28.2 Å². The molecule has 1 unspecified atom stereocenters. The van der Waals surface area contributed by atoms with Crippen LogP contribution in [0.25, 0.3) is 21.9 Å². The summed E-state index contributed by atoms with van der Waals surface area (Å²) < 4.78 is 5.52. The third-order valence-electron chi connectivity index (χ3n) is 10.4. The maximum absolute atomic E-state index is 14.2. The first-order valence-electron chi connectivity index (χ1n) is 15.8. The van der Waals surface area contributed by atoms with E-state index in [1.54, 1.807) is 25.1 Å². The number of nitrogens with two attached hydrogens (primary N) is 1. The number of phenolic OH excluding ortho intramolecular Hbond substituents is 1. The maximum atomic E-state index is 14.2. The summed E-state index contributed by atoms with van der Waals surface area (Å²) in [5.74, 6) is -6.72. The third-order valence-corrected chi connectivity index (χ3v) is 10.4. The number of carbonyl (C=O) groups excluding carboxylic acids is 3. The average Bonchev–Trinajstić information content (AvgIpc) is 3.03. The van der Waals surface area contributed by atoms with Gasteiger partial charge in [-0.3, -0.25) is 24.2 Å². The molecule has 0 bridgehead atoms. The van der Waals surface area contributed by atoms with E-state index in [0.29, 0.717) is 18.8 Å². The number of primary amides is 1. The molecule has 1 heterocycles.